The van der Waals surface area contributed by atoms with E-state index in [1.807, 2.05) is 0 Å². The molecule has 1 aliphatic rings. The fourth-order valence-electron chi connectivity index (χ4n) is 1.42. The Hall–Kier alpha value is -0.420. The van der Waals surface area contributed by atoms with Crippen molar-refractivity contribution in [1.82, 2.24) is 5.32 Å². The number of piperidine rings is 1. The van der Waals surface area contributed by atoms with Crippen molar-refractivity contribution in [3.8, 4) is 0 Å². The first-order valence-corrected chi connectivity index (χ1v) is 4.21. The van der Waals surface area contributed by atoms with Crippen LogP contribution >= 0.6 is 12.4 Å². The largest absolute Gasteiger partial charge is 0.469 e. The van der Waals surface area contributed by atoms with E-state index >= 15 is 0 Å². The van der Waals surface area contributed by atoms with Gasteiger partial charge in [-0.15, -0.1) is 12.4 Å². The summed E-state index contributed by atoms with van der Waals surface area (Å²) in [6.45, 7) is 0.200. The molecule has 0 aromatic heterocycles. The Morgan fingerprint density at radius 3 is 2.79 bits per heavy atom. The molecule has 3 nitrogen and oxygen atoms in total. The van der Waals surface area contributed by atoms with Gasteiger partial charge in [0.1, 0.15) is 0 Å². The zero-order valence-electron chi connectivity index (χ0n) is 7.89. The highest BCUT2D eigenvalue weighted by molar-refractivity contribution is 5.85. The van der Waals surface area contributed by atoms with Crippen molar-refractivity contribution in [1.29, 1.82) is 0 Å². The van der Waals surface area contributed by atoms with Crippen LogP contribution in [0, 0.1) is 5.92 Å². The van der Waals surface area contributed by atoms with Gasteiger partial charge in [0.2, 0.25) is 0 Å². The van der Waals surface area contributed by atoms with Crippen molar-refractivity contribution in [2.45, 2.75) is 18.8 Å². The molecule has 0 amide bonds. The Bertz CT molecular complexity index is 202. The molecule has 0 aromatic rings. The van der Waals surface area contributed by atoms with Crippen molar-refractivity contribution < 1.29 is 18.3 Å². The molecule has 1 saturated heterocycles. The summed E-state index contributed by atoms with van der Waals surface area (Å²) in [7, 11) is 1.21. The summed E-state index contributed by atoms with van der Waals surface area (Å²) in [5.41, 5.74) is 0. The molecule has 6 heteroatoms. The summed E-state index contributed by atoms with van der Waals surface area (Å²) in [5, 5.41) is 2.59. The average Bonchev–Trinajstić information content (AvgIpc) is 2.08. The minimum absolute atomic E-state index is 0. The second-order valence-electron chi connectivity index (χ2n) is 3.20. The van der Waals surface area contributed by atoms with Crippen molar-refractivity contribution in [3.63, 3.8) is 0 Å². The molecule has 1 aliphatic heterocycles. The Balaban J connectivity index is 0.00000169. The number of alkyl halides is 2. The molecule has 1 heterocycles. The molecule has 0 bridgehead atoms. The summed E-state index contributed by atoms with van der Waals surface area (Å²) in [6, 6.07) is 0. The first-order valence-electron chi connectivity index (χ1n) is 4.21. The lowest BCUT2D eigenvalue weighted by molar-refractivity contribution is -0.148. The van der Waals surface area contributed by atoms with Crippen LogP contribution in [0.1, 0.15) is 12.8 Å². The molecular weight excluding hydrogens is 216 g/mol. The lowest BCUT2D eigenvalue weighted by Crippen LogP contribution is -2.46. The van der Waals surface area contributed by atoms with E-state index < -0.39 is 17.8 Å². The van der Waals surface area contributed by atoms with Crippen LogP contribution in [0.25, 0.3) is 0 Å². The van der Waals surface area contributed by atoms with Crippen molar-refractivity contribution in [2.24, 2.45) is 5.92 Å². The fourth-order valence-corrected chi connectivity index (χ4v) is 1.42. The van der Waals surface area contributed by atoms with Gasteiger partial charge in [0.05, 0.1) is 20.1 Å². The minimum atomic E-state index is -2.79. The predicted octanol–water partition coefficient (Wildman–Crippen LogP) is 1.22. The highest BCUT2D eigenvalue weighted by Gasteiger charge is 2.42. The van der Waals surface area contributed by atoms with Crippen LogP contribution in [-0.2, 0) is 9.53 Å². The van der Waals surface area contributed by atoms with Crippen LogP contribution in [0.15, 0.2) is 0 Å². The SMILES string of the molecule is COC(=O)CC1CCNCC1(F)F.Cl. The van der Waals surface area contributed by atoms with E-state index in [2.05, 4.69) is 10.1 Å². The number of rotatable bonds is 2. The van der Waals surface area contributed by atoms with Gasteiger partial charge < -0.3 is 10.1 Å². The first-order chi connectivity index (χ1) is 6.06. The zero-order valence-corrected chi connectivity index (χ0v) is 8.70. The Morgan fingerprint density at radius 2 is 2.29 bits per heavy atom. The van der Waals surface area contributed by atoms with Gasteiger partial charge in [-0.3, -0.25) is 4.79 Å². The number of carbonyl (C=O) groups is 1. The highest BCUT2D eigenvalue weighted by atomic mass is 35.5. The molecule has 1 unspecified atom stereocenters. The lowest BCUT2D eigenvalue weighted by atomic mass is 9.91. The first kappa shape index (κ1) is 13.6. The fraction of sp³-hybridized carbons (Fsp3) is 0.875. The second kappa shape index (κ2) is 5.46. The van der Waals surface area contributed by atoms with Gasteiger partial charge in [-0.05, 0) is 13.0 Å². The number of methoxy groups -OCH3 is 1. The van der Waals surface area contributed by atoms with Gasteiger partial charge in [-0.1, -0.05) is 0 Å². The van der Waals surface area contributed by atoms with E-state index in [0.717, 1.165) is 0 Å². The number of esters is 1. The maximum Gasteiger partial charge on any atom is 0.306 e. The van der Waals surface area contributed by atoms with Crippen molar-refractivity contribution in [3.05, 3.63) is 0 Å². The summed E-state index contributed by atoms with van der Waals surface area (Å²) in [4.78, 5) is 10.8. The molecular formula is C8H14ClF2NO2. The third-order valence-electron chi connectivity index (χ3n) is 2.27. The van der Waals surface area contributed by atoms with E-state index in [1.54, 1.807) is 0 Å². The standard InChI is InChI=1S/C8H13F2NO2.ClH/c1-13-7(12)4-6-2-3-11-5-8(6,9)10;/h6,11H,2-5H2,1H3;1H. The van der Waals surface area contributed by atoms with Gasteiger partial charge in [0, 0.05) is 5.92 Å². The molecule has 84 valence electrons. The number of hydrogen-bond donors (Lipinski definition) is 1. The quantitative estimate of drug-likeness (QED) is 0.724. The smallest absolute Gasteiger partial charge is 0.306 e. The molecule has 0 aromatic carbocycles. The summed E-state index contributed by atoms with van der Waals surface area (Å²) >= 11 is 0. The maximum absolute atomic E-state index is 13.1. The third kappa shape index (κ3) is 3.38. The molecule has 1 fully saturated rings. The summed E-state index contributed by atoms with van der Waals surface area (Å²) in [5.74, 6) is -4.22. The van der Waals surface area contributed by atoms with Gasteiger partial charge in [-0.25, -0.2) is 8.78 Å². The maximum atomic E-state index is 13.1. The summed E-state index contributed by atoms with van der Waals surface area (Å²) < 4.78 is 30.5. The lowest BCUT2D eigenvalue weighted by Gasteiger charge is -2.30. The number of hydrogen-bond acceptors (Lipinski definition) is 3. The van der Waals surface area contributed by atoms with Crippen LogP contribution in [0.5, 0.6) is 0 Å². The van der Waals surface area contributed by atoms with Gasteiger partial charge >= 0.3 is 5.97 Å². The molecule has 0 radical (unpaired) electrons. The molecule has 1 rings (SSSR count). The van der Waals surface area contributed by atoms with Crippen LogP contribution in [0.4, 0.5) is 8.78 Å². The Kier molecular flexibility index (Phi) is 5.29. The third-order valence-corrected chi connectivity index (χ3v) is 2.27. The number of ether oxygens (including phenoxy) is 1. The number of carbonyl (C=O) groups excluding carboxylic acids is 1. The topological polar surface area (TPSA) is 38.3 Å². The molecule has 0 aliphatic carbocycles. The van der Waals surface area contributed by atoms with Crippen LogP contribution < -0.4 is 5.32 Å². The predicted molar refractivity (Wildman–Crippen MR) is 49.8 cm³/mol. The monoisotopic (exact) mass is 229 g/mol. The number of nitrogens with one attached hydrogen (secondary N) is 1. The molecule has 14 heavy (non-hydrogen) atoms. The van der Waals surface area contributed by atoms with Crippen LogP contribution in [0.2, 0.25) is 0 Å². The van der Waals surface area contributed by atoms with Gasteiger partial charge in [-0.2, -0.15) is 0 Å². The van der Waals surface area contributed by atoms with E-state index in [1.165, 1.54) is 7.11 Å². The Morgan fingerprint density at radius 1 is 1.64 bits per heavy atom. The van der Waals surface area contributed by atoms with Crippen LogP contribution in [-0.4, -0.2) is 32.1 Å². The molecule has 0 spiro atoms. The second-order valence-corrected chi connectivity index (χ2v) is 3.20. The van der Waals surface area contributed by atoms with E-state index in [-0.39, 0.29) is 25.4 Å². The molecule has 1 atom stereocenters. The van der Waals surface area contributed by atoms with Crippen molar-refractivity contribution in [2.75, 3.05) is 20.2 Å². The Labute approximate surface area is 87.6 Å². The van der Waals surface area contributed by atoms with E-state index in [4.69, 9.17) is 0 Å². The van der Waals surface area contributed by atoms with E-state index in [0.29, 0.717) is 13.0 Å². The summed E-state index contributed by atoms with van der Waals surface area (Å²) in [6.07, 6.45) is 0.132. The van der Waals surface area contributed by atoms with Gasteiger partial charge in [0.15, 0.2) is 0 Å². The molecule has 1 N–H and O–H groups in total. The minimum Gasteiger partial charge on any atom is -0.469 e. The highest BCUT2D eigenvalue weighted by Crippen LogP contribution is 2.31. The van der Waals surface area contributed by atoms with Crippen molar-refractivity contribution >= 4 is 18.4 Å². The average molecular weight is 230 g/mol. The zero-order chi connectivity index (χ0) is 9.90. The molecule has 0 saturated carbocycles. The number of halogens is 3. The van der Waals surface area contributed by atoms with Crippen LogP contribution in [0.3, 0.4) is 0 Å². The van der Waals surface area contributed by atoms with E-state index in [9.17, 15) is 13.6 Å². The van der Waals surface area contributed by atoms with Gasteiger partial charge in [0.25, 0.3) is 5.92 Å². The normalized spacial score (nSPS) is 24.9.